The van der Waals surface area contributed by atoms with Crippen LogP contribution in [0.3, 0.4) is 0 Å². The Balaban J connectivity index is 2.62. The quantitative estimate of drug-likeness (QED) is 0.641. The van der Waals surface area contributed by atoms with Crippen LogP contribution in [0.15, 0.2) is 29.2 Å². The molecule has 0 saturated heterocycles. The third-order valence-corrected chi connectivity index (χ3v) is 2.53. The fourth-order valence-electron chi connectivity index (χ4n) is 1.45. The first-order valence-electron chi connectivity index (χ1n) is 4.48. The molecule has 2 aromatic rings. The van der Waals surface area contributed by atoms with Gasteiger partial charge in [-0.1, -0.05) is 19.9 Å². The zero-order valence-electron chi connectivity index (χ0n) is 7.83. The SMILES string of the molecule is CC(C)c1cc2ccc(S)cc2[nH]1. The summed E-state index contributed by atoms with van der Waals surface area (Å²) in [5, 5.41) is 1.27. The van der Waals surface area contributed by atoms with Gasteiger partial charge in [0.2, 0.25) is 0 Å². The maximum atomic E-state index is 4.30. The lowest BCUT2D eigenvalue weighted by Gasteiger charge is -1.97. The number of rotatable bonds is 1. The Kier molecular flexibility index (Phi) is 2.08. The Morgan fingerprint density at radius 1 is 1.23 bits per heavy atom. The van der Waals surface area contributed by atoms with Crippen molar-refractivity contribution in [1.29, 1.82) is 0 Å². The Bertz CT molecular complexity index is 429. The second-order valence-corrected chi connectivity index (χ2v) is 4.17. The zero-order chi connectivity index (χ0) is 9.42. The maximum Gasteiger partial charge on any atom is 0.0467 e. The first-order chi connectivity index (χ1) is 6.16. The minimum Gasteiger partial charge on any atom is -0.358 e. The van der Waals surface area contributed by atoms with Crippen LogP contribution in [0.4, 0.5) is 0 Å². The minimum atomic E-state index is 0.552. The molecule has 2 heteroatoms. The lowest BCUT2D eigenvalue weighted by atomic mass is 10.1. The van der Waals surface area contributed by atoms with Crippen LogP contribution in [-0.4, -0.2) is 4.98 Å². The van der Waals surface area contributed by atoms with Gasteiger partial charge in [-0.05, 0) is 29.5 Å². The number of nitrogens with one attached hydrogen (secondary N) is 1. The lowest BCUT2D eigenvalue weighted by molar-refractivity contribution is 0.836. The normalized spacial score (nSPS) is 11.4. The molecule has 0 unspecified atom stereocenters. The second-order valence-electron chi connectivity index (χ2n) is 3.65. The van der Waals surface area contributed by atoms with Gasteiger partial charge in [-0.2, -0.15) is 0 Å². The summed E-state index contributed by atoms with van der Waals surface area (Å²) in [5.41, 5.74) is 2.46. The van der Waals surface area contributed by atoms with E-state index in [-0.39, 0.29) is 0 Å². The summed E-state index contributed by atoms with van der Waals surface area (Å²) >= 11 is 4.30. The zero-order valence-corrected chi connectivity index (χ0v) is 8.73. The fourth-order valence-corrected chi connectivity index (χ4v) is 1.65. The number of benzene rings is 1. The van der Waals surface area contributed by atoms with E-state index < -0.39 is 0 Å². The topological polar surface area (TPSA) is 15.8 Å². The van der Waals surface area contributed by atoms with Gasteiger partial charge in [-0.15, -0.1) is 12.6 Å². The van der Waals surface area contributed by atoms with Crippen molar-refractivity contribution in [3.05, 3.63) is 30.0 Å². The minimum absolute atomic E-state index is 0.552. The number of aromatic nitrogens is 1. The summed E-state index contributed by atoms with van der Waals surface area (Å²) in [4.78, 5) is 4.39. The van der Waals surface area contributed by atoms with Crippen LogP contribution in [0.2, 0.25) is 0 Å². The molecule has 1 N–H and O–H groups in total. The average molecular weight is 191 g/mol. The monoisotopic (exact) mass is 191 g/mol. The number of hydrogen-bond acceptors (Lipinski definition) is 1. The molecule has 0 spiro atoms. The summed E-state index contributed by atoms with van der Waals surface area (Å²) in [7, 11) is 0. The Labute approximate surface area is 83.6 Å². The molecular weight excluding hydrogens is 178 g/mol. The van der Waals surface area contributed by atoms with E-state index in [4.69, 9.17) is 0 Å². The summed E-state index contributed by atoms with van der Waals surface area (Å²) < 4.78 is 0. The van der Waals surface area contributed by atoms with Crippen LogP contribution < -0.4 is 0 Å². The smallest absolute Gasteiger partial charge is 0.0467 e. The van der Waals surface area contributed by atoms with E-state index in [0.29, 0.717) is 5.92 Å². The van der Waals surface area contributed by atoms with E-state index in [1.807, 2.05) is 6.07 Å². The van der Waals surface area contributed by atoms with E-state index in [1.165, 1.54) is 16.6 Å². The van der Waals surface area contributed by atoms with E-state index >= 15 is 0 Å². The predicted octanol–water partition coefficient (Wildman–Crippen LogP) is 3.58. The highest BCUT2D eigenvalue weighted by Gasteiger charge is 2.03. The number of H-pyrrole nitrogens is 1. The summed E-state index contributed by atoms with van der Waals surface area (Å²) in [6.45, 7) is 4.37. The van der Waals surface area contributed by atoms with Crippen LogP contribution in [0.5, 0.6) is 0 Å². The van der Waals surface area contributed by atoms with Crippen LogP contribution in [0.1, 0.15) is 25.5 Å². The van der Waals surface area contributed by atoms with Gasteiger partial charge in [0, 0.05) is 16.1 Å². The van der Waals surface area contributed by atoms with Crippen molar-refractivity contribution in [1.82, 2.24) is 4.98 Å². The van der Waals surface area contributed by atoms with E-state index in [0.717, 1.165) is 4.90 Å². The van der Waals surface area contributed by atoms with Crippen molar-refractivity contribution in [3.8, 4) is 0 Å². The molecule has 0 radical (unpaired) electrons. The molecule has 0 bridgehead atoms. The van der Waals surface area contributed by atoms with E-state index in [1.54, 1.807) is 0 Å². The average Bonchev–Trinajstić information content (AvgIpc) is 2.46. The van der Waals surface area contributed by atoms with Crippen molar-refractivity contribution in [2.24, 2.45) is 0 Å². The van der Waals surface area contributed by atoms with Crippen molar-refractivity contribution >= 4 is 23.5 Å². The Morgan fingerprint density at radius 3 is 2.69 bits per heavy atom. The standard InChI is InChI=1S/C11H13NS/c1-7(2)10-5-8-3-4-9(13)6-11(8)12-10/h3-7,12-13H,1-2H3. The molecule has 0 aliphatic heterocycles. The van der Waals surface area contributed by atoms with Gasteiger partial charge in [0.25, 0.3) is 0 Å². The van der Waals surface area contributed by atoms with Crippen LogP contribution in [-0.2, 0) is 0 Å². The molecule has 0 atom stereocenters. The molecule has 1 aromatic carbocycles. The molecule has 1 aromatic heterocycles. The Morgan fingerprint density at radius 2 is 2.00 bits per heavy atom. The van der Waals surface area contributed by atoms with Gasteiger partial charge in [0.05, 0.1) is 0 Å². The summed E-state index contributed by atoms with van der Waals surface area (Å²) in [6.07, 6.45) is 0. The van der Waals surface area contributed by atoms with Gasteiger partial charge in [0.1, 0.15) is 0 Å². The third-order valence-electron chi connectivity index (χ3n) is 2.25. The molecule has 1 nitrogen and oxygen atoms in total. The molecule has 2 rings (SSSR count). The molecule has 1 heterocycles. The van der Waals surface area contributed by atoms with Crippen molar-refractivity contribution in [2.45, 2.75) is 24.7 Å². The van der Waals surface area contributed by atoms with Crippen LogP contribution in [0, 0.1) is 0 Å². The molecule has 0 saturated carbocycles. The second kappa shape index (κ2) is 3.11. The number of hydrogen-bond donors (Lipinski definition) is 2. The molecule has 68 valence electrons. The number of aromatic amines is 1. The lowest BCUT2D eigenvalue weighted by Crippen LogP contribution is -1.84. The molecule has 0 amide bonds. The number of thiol groups is 1. The maximum absolute atomic E-state index is 4.30. The fraction of sp³-hybridized carbons (Fsp3) is 0.273. The molecule has 0 aliphatic rings. The van der Waals surface area contributed by atoms with Gasteiger partial charge < -0.3 is 4.98 Å². The van der Waals surface area contributed by atoms with E-state index in [2.05, 4.69) is 49.7 Å². The van der Waals surface area contributed by atoms with Crippen molar-refractivity contribution in [3.63, 3.8) is 0 Å². The summed E-state index contributed by atoms with van der Waals surface area (Å²) in [5.74, 6) is 0.552. The van der Waals surface area contributed by atoms with Gasteiger partial charge in [-0.25, -0.2) is 0 Å². The largest absolute Gasteiger partial charge is 0.358 e. The van der Waals surface area contributed by atoms with Crippen molar-refractivity contribution < 1.29 is 0 Å². The molecular formula is C11H13NS. The highest BCUT2D eigenvalue weighted by Crippen LogP contribution is 2.22. The Hall–Kier alpha value is -0.890. The highest BCUT2D eigenvalue weighted by atomic mass is 32.1. The number of fused-ring (bicyclic) bond motifs is 1. The summed E-state index contributed by atoms with van der Waals surface area (Å²) in [6, 6.07) is 8.38. The third kappa shape index (κ3) is 1.59. The molecule has 0 fully saturated rings. The first kappa shape index (κ1) is 8.70. The van der Waals surface area contributed by atoms with Gasteiger partial charge in [0.15, 0.2) is 0 Å². The molecule has 13 heavy (non-hydrogen) atoms. The first-order valence-corrected chi connectivity index (χ1v) is 4.93. The van der Waals surface area contributed by atoms with E-state index in [9.17, 15) is 0 Å². The predicted molar refractivity (Wildman–Crippen MR) is 59.6 cm³/mol. The van der Waals surface area contributed by atoms with Gasteiger partial charge in [-0.3, -0.25) is 0 Å². The van der Waals surface area contributed by atoms with Crippen molar-refractivity contribution in [2.75, 3.05) is 0 Å². The van der Waals surface area contributed by atoms with Gasteiger partial charge >= 0.3 is 0 Å². The molecule has 0 aliphatic carbocycles. The van der Waals surface area contributed by atoms with Crippen LogP contribution in [0.25, 0.3) is 10.9 Å². The van der Waals surface area contributed by atoms with Crippen LogP contribution >= 0.6 is 12.6 Å². The highest BCUT2D eigenvalue weighted by molar-refractivity contribution is 7.80.